The van der Waals surface area contributed by atoms with Crippen LogP contribution in [0.25, 0.3) is 0 Å². The number of hydrogen-bond acceptors (Lipinski definition) is 1. The molecule has 0 amide bonds. The van der Waals surface area contributed by atoms with Crippen molar-refractivity contribution in [3.05, 3.63) is 47.3 Å². The molecule has 2 rings (SSSR count). The maximum Gasteiger partial charge on any atom is 0.126 e. The second-order valence-electron chi connectivity index (χ2n) is 4.43. The van der Waals surface area contributed by atoms with Gasteiger partial charge >= 0.3 is 0 Å². The lowest BCUT2D eigenvalue weighted by Crippen LogP contribution is -2.26. The number of nitrogens with two attached hydrogens (primary N) is 1. The molecule has 0 aliphatic heterocycles. The van der Waals surface area contributed by atoms with Crippen LogP contribution in [0.4, 0.5) is 4.39 Å². The smallest absolute Gasteiger partial charge is 0.126 e. The average molecular weight is 219 g/mol. The fourth-order valence-electron chi connectivity index (χ4n) is 2.23. The number of hydrogen-bond donors (Lipinski definition) is 1. The molecule has 0 saturated carbocycles. The molecular formula is C14H18FN. The molecule has 1 aliphatic rings. The monoisotopic (exact) mass is 219 g/mol. The predicted octanol–water partition coefficient (Wildman–Crippen LogP) is 3.20. The molecule has 0 saturated heterocycles. The van der Waals surface area contributed by atoms with Crippen molar-refractivity contribution in [2.24, 2.45) is 5.73 Å². The molecule has 2 N–H and O–H groups in total. The topological polar surface area (TPSA) is 26.0 Å². The first-order valence-electron chi connectivity index (χ1n) is 5.95. The van der Waals surface area contributed by atoms with Gasteiger partial charge < -0.3 is 5.73 Å². The molecule has 0 aromatic heterocycles. The van der Waals surface area contributed by atoms with Crippen LogP contribution in [0.2, 0.25) is 0 Å². The number of benzene rings is 1. The van der Waals surface area contributed by atoms with E-state index in [9.17, 15) is 4.39 Å². The minimum Gasteiger partial charge on any atom is -0.324 e. The van der Waals surface area contributed by atoms with Gasteiger partial charge in [0, 0.05) is 6.04 Å². The lowest BCUT2D eigenvalue weighted by atomic mass is 9.91. The molecular weight excluding hydrogens is 201 g/mol. The highest BCUT2D eigenvalue weighted by molar-refractivity contribution is 5.22. The van der Waals surface area contributed by atoms with Gasteiger partial charge in [-0.3, -0.25) is 0 Å². The van der Waals surface area contributed by atoms with Crippen LogP contribution in [-0.4, -0.2) is 6.04 Å². The normalized spacial score (nSPS) is 18.0. The van der Waals surface area contributed by atoms with Gasteiger partial charge in [-0.25, -0.2) is 4.39 Å². The molecule has 16 heavy (non-hydrogen) atoms. The fraction of sp³-hybridized carbons (Fsp3) is 0.429. The third kappa shape index (κ3) is 2.70. The van der Waals surface area contributed by atoms with Gasteiger partial charge in [0.2, 0.25) is 0 Å². The van der Waals surface area contributed by atoms with Crippen molar-refractivity contribution < 1.29 is 4.39 Å². The van der Waals surface area contributed by atoms with Crippen molar-refractivity contribution in [3.8, 4) is 0 Å². The van der Waals surface area contributed by atoms with Crippen LogP contribution in [-0.2, 0) is 6.42 Å². The minimum absolute atomic E-state index is 0.0165. The van der Waals surface area contributed by atoms with Crippen molar-refractivity contribution in [2.45, 2.75) is 38.1 Å². The Morgan fingerprint density at radius 3 is 2.75 bits per heavy atom. The number of allylic oxidation sites excluding steroid dienone is 1. The molecule has 0 heterocycles. The molecule has 1 aromatic rings. The zero-order valence-electron chi connectivity index (χ0n) is 9.45. The molecule has 0 radical (unpaired) electrons. The summed E-state index contributed by atoms with van der Waals surface area (Å²) in [6, 6.07) is 6.87. The largest absolute Gasteiger partial charge is 0.324 e. The lowest BCUT2D eigenvalue weighted by molar-refractivity contribution is 0.585. The molecule has 0 spiro atoms. The van der Waals surface area contributed by atoms with Crippen LogP contribution < -0.4 is 5.73 Å². The van der Waals surface area contributed by atoms with Crippen LogP contribution in [0.3, 0.4) is 0 Å². The summed E-state index contributed by atoms with van der Waals surface area (Å²) in [7, 11) is 0. The average Bonchev–Trinajstić information content (AvgIpc) is 2.33. The molecule has 1 nitrogen and oxygen atoms in total. The summed E-state index contributed by atoms with van der Waals surface area (Å²) in [4.78, 5) is 0. The zero-order valence-corrected chi connectivity index (χ0v) is 9.45. The van der Waals surface area contributed by atoms with Gasteiger partial charge in [0.1, 0.15) is 5.82 Å². The van der Waals surface area contributed by atoms with E-state index in [4.69, 9.17) is 5.73 Å². The third-order valence-electron chi connectivity index (χ3n) is 3.20. The van der Waals surface area contributed by atoms with E-state index in [1.165, 1.54) is 24.5 Å². The second-order valence-corrected chi connectivity index (χ2v) is 4.43. The molecule has 1 atom stereocenters. The van der Waals surface area contributed by atoms with Gasteiger partial charge in [0.05, 0.1) is 0 Å². The van der Waals surface area contributed by atoms with Crippen LogP contribution in [0.5, 0.6) is 0 Å². The Bertz CT molecular complexity index is 384. The number of halogens is 1. The van der Waals surface area contributed by atoms with E-state index < -0.39 is 0 Å². The van der Waals surface area contributed by atoms with E-state index in [2.05, 4.69) is 6.08 Å². The van der Waals surface area contributed by atoms with E-state index in [0.29, 0.717) is 6.42 Å². The summed E-state index contributed by atoms with van der Waals surface area (Å²) in [6.45, 7) is 0. The standard InChI is InChI=1S/C14H18FN/c15-13-9-5-4-8-12(13)10-14(16)11-6-2-1-3-7-11/h4-6,8-9,14H,1-3,7,10,16H2. The minimum atomic E-state index is -0.144. The summed E-state index contributed by atoms with van der Waals surface area (Å²) >= 11 is 0. The Labute approximate surface area is 96.2 Å². The quantitative estimate of drug-likeness (QED) is 0.776. The summed E-state index contributed by atoms with van der Waals surface area (Å²) in [6.07, 6.45) is 7.52. The van der Waals surface area contributed by atoms with Gasteiger partial charge in [-0.05, 0) is 43.7 Å². The van der Waals surface area contributed by atoms with Crippen molar-refractivity contribution >= 4 is 0 Å². The summed E-state index contributed by atoms with van der Waals surface area (Å²) in [5.41, 5.74) is 8.14. The first kappa shape index (κ1) is 11.3. The van der Waals surface area contributed by atoms with Gasteiger partial charge in [-0.1, -0.05) is 29.8 Å². The maximum absolute atomic E-state index is 13.4. The molecule has 1 unspecified atom stereocenters. The zero-order chi connectivity index (χ0) is 11.4. The van der Waals surface area contributed by atoms with E-state index >= 15 is 0 Å². The van der Waals surface area contributed by atoms with E-state index in [0.717, 1.165) is 18.4 Å². The SMILES string of the molecule is NC(Cc1ccccc1F)C1=CCCCC1. The van der Waals surface area contributed by atoms with E-state index in [1.807, 2.05) is 12.1 Å². The summed E-state index contributed by atoms with van der Waals surface area (Å²) in [5.74, 6) is -0.144. The molecule has 0 fully saturated rings. The molecule has 1 aliphatic carbocycles. The van der Waals surface area contributed by atoms with Gasteiger partial charge in [0.15, 0.2) is 0 Å². The third-order valence-corrected chi connectivity index (χ3v) is 3.20. The summed E-state index contributed by atoms with van der Waals surface area (Å²) in [5, 5.41) is 0. The lowest BCUT2D eigenvalue weighted by Gasteiger charge is -2.19. The highest BCUT2D eigenvalue weighted by Crippen LogP contribution is 2.21. The van der Waals surface area contributed by atoms with Gasteiger partial charge in [-0.2, -0.15) is 0 Å². The van der Waals surface area contributed by atoms with Crippen LogP contribution in [0.15, 0.2) is 35.9 Å². The van der Waals surface area contributed by atoms with Crippen molar-refractivity contribution in [3.63, 3.8) is 0 Å². The Balaban J connectivity index is 2.04. The van der Waals surface area contributed by atoms with Crippen LogP contribution >= 0.6 is 0 Å². The Kier molecular flexibility index (Phi) is 3.73. The van der Waals surface area contributed by atoms with Gasteiger partial charge in [0.25, 0.3) is 0 Å². The Morgan fingerprint density at radius 1 is 1.25 bits per heavy atom. The highest BCUT2D eigenvalue weighted by Gasteiger charge is 2.14. The molecule has 2 heteroatoms. The molecule has 86 valence electrons. The molecule has 1 aromatic carbocycles. The first-order chi connectivity index (χ1) is 7.77. The van der Waals surface area contributed by atoms with Crippen molar-refractivity contribution in [2.75, 3.05) is 0 Å². The van der Waals surface area contributed by atoms with Crippen molar-refractivity contribution in [1.29, 1.82) is 0 Å². The Morgan fingerprint density at radius 2 is 2.06 bits per heavy atom. The van der Waals surface area contributed by atoms with E-state index in [1.54, 1.807) is 6.07 Å². The molecule has 0 bridgehead atoms. The highest BCUT2D eigenvalue weighted by atomic mass is 19.1. The Hall–Kier alpha value is -1.15. The second kappa shape index (κ2) is 5.26. The predicted molar refractivity (Wildman–Crippen MR) is 64.6 cm³/mol. The van der Waals surface area contributed by atoms with Crippen LogP contribution in [0.1, 0.15) is 31.2 Å². The van der Waals surface area contributed by atoms with Crippen LogP contribution in [0, 0.1) is 5.82 Å². The van der Waals surface area contributed by atoms with Crippen molar-refractivity contribution in [1.82, 2.24) is 0 Å². The first-order valence-corrected chi connectivity index (χ1v) is 5.95. The summed E-state index contributed by atoms with van der Waals surface area (Å²) < 4.78 is 13.4. The number of rotatable bonds is 3. The van der Waals surface area contributed by atoms with Gasteiger partial charge in [-0.15, -0.1) is 0 Å². The maximum atomic E-state index is 13.4. The fourth-order valence-corrected chi connectivity index (χ4v) is 2.23. The van der Waals surface area contributed by atoms with E-state index in [-0.39, 0.29) is 11.9 Å².